The third-order valence-corrected chi connectivity index (χ3v) is 5.13. The van der Waals surface area contributed by atoms with Gasteiger partial charge in [-0.05, 0) is 31.2 Å². The quantitative estimate of drug-likeness (QED) is 0.662. The molecule has 5 nitrogen and oxygen atoms in total. The fourth-order valence-corrected chi connectivity index (χ4v) is 3.52. The predicted molar refractivity (Wildman–Crippen MR) is 104 cm³/mol. The summed E-state index contributed by atoms with van der Waals surface area (Å²) in [5.41, 5.74) is 2.34. The minimum atomic E-state index is -0.785. The van der Waals surface area contributed by atoms with Gasteiger partial charge in [0.15, 0.2) is 0 Å². The standard InChI is InChI=1S/C20H18FN3O2S/c1-13-17(27-20(23-13)14-5-3-2-4-6-14)11-12-22-18(25)19(26)24-16-9-7-15(21)8-10-16/h2-10H,11-12H2,1H3,(H,22,25)(H,24,26). The van der Waals surface area contributed by atoms with Crippen molar-refractivity contribution < 1.29 is 14.0 Å². The van der Waals surface area contributed by atoms with Crippen LogP contribution in [0.1, 0.15) is 10.6 Å². The Bertz CT molecular complexity index is 940. The zero-order valence-electron chi connectivity index (χ0n) is 14.7. The first-order valence-corrected chi connectivity index (χ1v) is 9.21. The van der Waals surface area contributed by atoms with E-state index in [9.17, 15) is 14.0 Å². The van der Waals surface area contributed by atoms with E-state index in [0.717, 1.165) is 21.1 Å². The highest BCUT2D eigenvalue weighted by Gasteiger charge is 2.14. The van der Waals surface area contributed by atoms with Crippen LogP contribution in [0.4, 0.5) is 10.1 Å². The predicted octanol–water partition coefficient (Wildman–Crippen LogP) is 3.56. The zero-order valence-corrected chi connectivity index (χ0v) is 15.5. The van der Waals surface area contributed by atoms with Crippen molar-refractivity contribution in [2.75, 3.05) is 11.9 Å². The van der Waals surface area contributed by atoms with Crippen LogP contribution in [0.2, 0.25) is 0 Å². The number of hydrogen-bond acceptors (Lipinski definition) is 4. The Morgan fingerprint density at radius 3 is 2.44 bits per heavy atom. The number of hydrogen-bond donors (Lipinski definition) is 2. The molecule has 27 heavy (non-hydrogen) atoms. The molecule has 138 valence electrons. The number of nitrogens with one attached hydrogen (secondary N) is 2. The number of amides is 2. The molecule has 0 saturated carbocycles. The van der Waals surface area contributed by atoms with Gasteiger partial charge in [0.25, 0.3) is 0 Å². The van der Waals surface area contributed by atoms with Gasteiger partial charge in [-0.2, -0.15) is 0 Å². The number of aryl methyl sites for hydroxylation is 1. The maximum atomic E-state index is 12.9. The first kappa shape index (κ1) is 18.7. The van der Waals surface area contributed by atoms with E-state index in [1.165, 1.54) is 24.3 Å². The molecule has 0 aliphatic heterocycles. The maximum absolute atomic E-state index is 12.9. The Kier molecular flexibility index (Phi) is 5.93. The second-order valence-corrected chi connectivity index (χ2v) is 6.94. The molecular weight excluding hydrogens is 365 g/mol. The van der Waals surface area contributed by atoms with Gasteiger partial charge in [-0.1, -0.05) is 30.3 Å². The highest BCUT2D eigenvalue weighted by atomic mass is 32.1. The van der Waals surface area contributed by atoms with Crippen molar-refractivity contribution in [2.24, 2.45) is 0 Å². The van der Waals surface area contributed by atoms with Gasteiger partial charge < -0.3 is 10.6 Å². The number of benzene rings is 2. The van der Waals surface area contributed by atoms with Gasteiger partial charge in [0, 0.05) is 29.1 Å². The normalized spacial score (nSPS) is 10.4. The number of carbonyl (C=O) groups excluding carboxylic acids is 2. The molecule has 2 aromatic carbocycles. The number of anilines is 1. The maximum Gasteiger partial charge on any atom is 0.313 e. The largest absolute Gasteiger partial charge is 0.347 e. The van der Waals surface area contributed by atoms with Crippen LogP contribution in [0.3, 0.4) is 0 Å². The summed E-state index contributed by atoms with van der Waals surface area (Å²) >= 11 is 1.58. The number of halogens is 1. The molecule has 2 amide bonds. The molecule has 0 spiro atoms. The van der Waals surface area contributed by atoms with Gasteiger partial charge in [-0.15, -0.1) is 11.3 Å². The van der Waals surface area contributed by atoms with Crippen molar-refractivity contribution in [3.8, 4) is 10.6 Å². The fraction of sp³-hybridized carbons (Fsp3) is 0.150. The molecule has 3 aromatic rings. The van der Waals surface area contributed by atoms with Crippen LogP contribution in [0, 0.1) is 12.7 Å². The summed E-state index contributed by atoms with van der Waals surface area (Å²) in [5, 5.41) is 5.95. The van der Waals surface area contributed by atoms with Crippen LogP contribution >= 0.6 is 11.3 Å². The van der Waals surface area contributed by atoms with Crippen LogP contribution in [0.25, 0.3) is 10.6 Å². The summed E-state index contributed by atoms with van der Waals surface area (Å²) in [6.07, 6.45) is 0.589. The highest BCUT2D eigenvalue weighted by Crippen LogP contribution is 2.27. The SMILES string of the molecule is Cc1nc(-c2ccccc2)sc1CCNC(=O)C(=O)Nc1ccc(F)cc1. The molecule has 1 heterocycles. The van der Waals surface area contributed by atoms with E-state index < -0.39 is 17.6 Å². The van der Waals surface area contributed by atoms with Crippen LogP contribution in [0.15, 0.2) is 54.6 Å². The molecule has 0 bridgehead atoms. The zero-order chi connectivity index (χ0) is 19.2. The summed E-state index contributed by atoms with van der Waals surface area (Å²) < 4.78 is 12.9. The Morgan fingerprint density at radius 1 is 1.04 bits per heavy atom. The molecule has 0 fully saturated rings. The summed E-state index contributed by atoms with van der Waals surface area (Å²) in [4.78, 5) is 29.4. The average molecular weight is 383 g/mol. The first-order chi connectivity index (χ1) is 13.0. The second-order valence-electron chi connectivity index (χ2n) is 5.86. The molecule has 0 aliphatic rings. The molecule has 0 radical (unpaired) electrons. The molecule has 1 aromatic heterocycles. The number of rotatable bonds is 5. The van der Waals surface area contributed by atoms with E-state index in [4.69, 9.17) is 0 Å². The summed E-state index contributed by atoms with van der Waals surface area (Å²) in [5.74, 6) is -1.93. The van der Waals surface area contributed by atoms with Crippen molar-refractivity contribution in [2.45, 2.75) is 13.3 Å². The fourth-order valence-electron chi connectivity index (χ4n) is 2.46. The molecule has 2 N–H and O–H groups in total. The minimum Gasteiger partial charge on any atom is -0.347 e. The monoisotopic (exact) mass is 383 g/mol. The van der Waals surface area contributed by atoms with Crippen LogP contribution < -0.4 is 10.6 Å². The molecular formula is C20H18FN3O2S. The topological polar surface area (TPSA) is 71.1 Å². The summed E-state index contributed by atoms with van der Waals surface area (Å²) in [6, 6.07) is 15.1. The van der Waals surface area contributed by atoms with Crippen molar-refractivity contribution >= 4 is 28.8 Å². The lowest BCUT2D eigenvalue weighted by molar-refractivity contribution is -0.136. The third-order valence-electron chi connectivity index (χ3n) is 3.86. The van der Waals surface area contributed by atoms with E-state index in [-0.39, 0.29) is 0 Å². The summed E-state index contributed by atoms with van der Waals surface area (Å²) in [6.45, 7) is 2.26. The van der Waals surface area contributed by atoms with Gasteiger partial charge in [0.05, 0.1) is 5.69 Å². The molecule has 0 saturated heterocycles. The van der Waals surface area contributed by atoms with Crippen molar-refractivity contribution in [1.29, 1.82) is 0 Å². The second kappa shape index (κ2) is 8.55. The van der Waals surface area contributed by atoms with Crippen LogP contribution in [0.5, 0.6) is 0 Å². The Balaban J connectivity index is 1.52. The summed E-state index contributed by atoms with van der Waals surface area (Å²) in [7, 11) is 0. The number of aromatic nitrogens is 1. The van der Waals surface area contributed by atoms with E-state index in [1.54, 1.807) is 11.3 Å². The van der Waals surface area contributed by atoms with Gasteiger partial charge in [0.1, 0.15) is 10.8 Å². The van der Waals surface area contributed by atoms with Crippen LogP contribution in [-0.4, -0.2) is 23.3 Å². The van der Waals surface area contributed by atoms with Gasteiger partial charge in [-0.25, -0.2) is 9.37 Å². The van der Waals surface area contributed by atoms with Crippen LogP contribution in [-0.2, 0) is 16.0 Å². The highest BCUT2D eigenvalue weighted by molar-refractivity contribution is 7.15. The molecule has 0 aliphatic carbocycles. The van der Waals surface area contributed by atoms with E-state index >= 15 is 0 Å². The lowest BCUT2D eigenvalue weighted by Gasteiger charge is -2.06. The minimum absolute atomic E-state index is 0.326. The van der Waals surface area contributed by atoms with Gasteiger partial charge in [-0.3, -0.25) is 9.59 Å². The van der Waals surface area contributed by atoms with E-state index in [1.807, 2.05) is 37.3 Å². The molecule has 0 unspecified atom stereocenters. The van der Waals surface area contributed by atoms with E-state index in [2.05, 4.69) is 15.6 Å². The van der Waals surface area contributed by atoms with Gasteiger partial charge in [0.2, 0.25) is 0 Å². The average Bonchev–Trinajstić information content (AvgIpc) is 3.05. The Hall–Kier alpha value is -3.06. The van der Waals surface area contributed by atoms with Crippen molar-refractivity contribution in [3.63, 3.8) is 0 Å². The molecule has 3 rings (SSSR count). The smallest absolute Gasteiger partial charge is 0.313 e. The van der Waals surface area contributed by atoms with Crippen molar-refractivity contribution in [3.05, 3.63) is 71.0 Å². The van der Waals surface area contributed by atoms with Crippen molar-refractivity contribution in [1.82, 2.24) is 10.3 Å². The lowest BCUT2D eigenvalue weighted by atomic mass is 10.2. The Morgan fingerprint density at radius 2 is 1.74 bits per heavy atom. The number of thiazole rings is 1. The van der Waals surface area contributed by atoms with E-state index in [0.29, 0.717) is 18.7 Å². The number of nitrogens with zero attached hydrogens (tertiary/aromatic N) is 1. The molecule has 7 heteroatoms. The molecule has 0 atom stereocenters. The lowest BCUT2D eigenvalue weighted by Crippen LogP contribution is -2.36. The van der Waals surface area contributed by atoms with Gasteiger partial charge >= 0.3 is 11.8 Å². The Labute approximate surface area is 160 Å². The first-order valence-electron chi connectivity index (χ1n) is 8.39. The third kappa shape index (κ3) is 4.98. The number of carbonyl (C=O) groups is 2.